The molecule has 13 N–H and O–H groups in total. The Hall–Kier alpha value is -4.06. The third-order valence-electron chi connectivity index (χ3n) is 14.7. The summed E-state index contributed by atoms with van der Waals surface area (Å²) < 4.78 is 17.4. The van der Waals surface area contributed by atoms with Gasteiger partial charge in [-0.2, -0.15) is 0 Å². The van der Waals surface area contributed by atoms with Crippen LogP contribution in [0.5, 0.6) is 0 Å². The van der Waals surface area contributed by atoms with Crippen molar-refractivity contribution in [2.45, 2.75) is 217 Å². The minimum atomic E-state index is -2.52. The van der Waals surface area contributed by atoms with Crippen molar-refractivity contribution in [1.29, 1.82) is 0 Å². The number of carboxylic acids is 1. The number of nitrogens with one attached hydrogen (secondary N) is 2. The first-order valence-corrected chi connectivity index (χ1v) is 27.2. The fourth-order valence-electron chi connectivity index (χ4n) is 9.52. The summed E-state index contributed by atoms with van der Waals surface area (Å²) in [4.78, 5) is 41.3. The summed E-state index contributed by atoms with van der Waals surface area (Å²) in [5.74, 6) is -7.07. The van der Waals surface area contributed by atoms with E-state index in [9.17, 15) is 70.6 Å². The van der Waals surface area contributed by atoms with Gasteiger partial charge in [0.15, 0.2) is 11.7 Å². The number of fused-ring (bicyclic) bond motifs is 2. The van der Waals surface area contributed by atoms with E-state index in [1.54, 1.807) is 59.0 Å². The van der Waals surface area contributed by atoms with E-state index in [0.717, 1.165) is 44.6 Å². The summed E-state index contributed by atoms with van der Waals surface area (Å²) in [6, 6.07) is 0. The zero-order chi connectivity index (χ0) is 57.1. The number of carbonyl (C=O) groups excluding carboxylic acids is 2. The molecular weight excluding hydrogens is 987 g/mol. The zero-order valence-corrected chi connectivity index (χ0v) is 46.1. The standard InChI is InChI=1S/C56H95N3O17/c1-34-18-14-15-22-51(70)75-53(37(4)19-13-11-9-10-12-16-25-59-55(57-7)58-8)38(5)21-17-20-35(2)45(63)28-41(61)26-40(60)27-42(74-52(71)32-50(68)69)29-43-30-48(66)54(72)56(73,76-43)33-49(67)36(3)23-24-44(62)39(6)47(65)31-46(34)64/h9-10,14-15,17-18,20-22,34,36-49,53-54,60-67,72-73H,11-13,16,19,23-33H2,1-8H3,(H,68,69)(H2,57,58,59). The molecule has 76 heavy (non-hydrogen) atoms. The van der Waals surface area contributed by atoms with E-state index in [1.807, 2.05) is 27.0 Å². The number of guanidine groups is 1. The lowest BCUT2D eigenvalue weighted by molar-refractivity contribution is -0.333. The Balaban J connectivity index is 2.39. The lowest BCUT2D eigenvalue weighted by Gasteiger charge is -2.45. The maximum atomic E-state index is 13.3. The van der Waals surface area contributed by atoms with Crippen molar-refractivity contribution in [1.82, 2.24) is 10.6 Å². The van der Waals surface area contributed by atoms with E-state index in [2.05, 4.69) is 27.8 Å². The maximum absolute atomic E-state index is 13.3. The molecule has 2 aliphatic rings. The van der Waals surface area contributed by atoms with Gasteiger partial charge in [0.25, 0.3) is 0 Å². The van der Waals surface area contributed by atoms with Crippen LogP contribution < -0.4 is 10.6 Å². The third-order valence-corrected chi connectivity index (χ3v) is 14.7. The van der Waals surface area contributed by atoms with Gasteiger partial charge in [0, 0.05) is 83.0 Å². The molecule has 0 aromatic heterocycles. The van der Waals surface area contributed by atoms with Crippen molar-refractivity contribution >= 4 is 23.9 Å². The number of esters is 2. The van der Waals surface area contributed by atoms with Gasteiger partial charge in [-0.05, 0) is 75.7 Å². The lowest BCUT2D eigenvalue weighted by Crippen LogP contribution is -2.60. The molecule has 0 amide bonds. The van der Waals surface area contributed by atoms with Crippen LogP contribution in [0.1, 0.15) is 138 Å². The fourth-order valence-corrected chi connectivity index (χ4v) is 9.52. The average molecular weight is 1080 g/mol. The third kappa shape index (κ3) is 25.6. The first-order chi connectivity index (χ1) is 35.8. The van der Waals surface area contributed by atoms with E-state index in [0.29, 0.717) is 5.57 Å². The molecule has 2 heterocycles. The van der Waals surface area contributed by atoms with Crippen molar-refractivity contribution < 1.29 is 84.8 Å². The summed E-state index contributed by atoms with van der Waals surface area (Å²) in [6.07, 6.45) is 2.44. The van der Waals surface area contributed by atoms with Gasteiger partial charge in [-0.3, -0.25) is 14.6 Å². The van der Waals surface area contributed by atoms with Gasteiger partial charge in [-0.25, -0.2) is 4.79 Å². The Morgan fingerprint density at radius 2 is 1.47 bits per heavy atom. The zero-order valence-electron chi connectivity index (χ0n) is 46.1. The molecule has 2 aliphatic heterocycles. The Morgan fingerprint density at radius 1 is 0.816 bits per heavy atom. The number of carbonyl (C=O) groups is 3. The second-order valence-electron chi connectivity index (χ2n) is 21.3. The Labute approximate surface area is 450 Å². The molecule has 0 saturated carbocycles. The average Bonchev–Trinajstić information content (AvgIpc) is 3.34. The second-order valence-corrected chi connectivity index (χ2v) is 21.3. The minimum absolute atomic E-state index is 0.0526. The molecule has 436 valence electrons. The molecule has 0 aromatic rings. The number of unbranched alkanes of at least 4 members (excludes halogenated alkanes) is 2. The van der Waals surface area contributed by atoms with Crippen LogP contribution in [0.4, 0.5) is 0 Å². The van der Waals surface area contributed by atoms with E-state index in [1.165, 1.54) is 12.2 Å². The van der Waals surface area contributed by atoms with Crippen LogP contribution in [-0.2, 0) is 28.6 Å². The highest BCUT2D eigenvalue weighted by Crippen LogP contribution is 2.36. The molecule has 2 bridgehead atoms. The maximum Gasteiger partial charge on any atom is 0.331 e. The van der Waals surface area contributed by atoms with Crippen LogP contribution in [-0.4, -0.2) is 180 Å². The van der Waals surface area contributed by atoms with Crippen molar-refractivity contribution in [2.24, 2.45) is 34.6 Å². The Kier molecular flexibility index (Phi) is 31.7. The molecule has 18 atom stereocenters. The van der Waals surface area contributed by atoms with Crippen LogP contribution in [0, 0.1) is 29.6 Å². The highest BCUT2D eigenvalue weighted by Gasteiger charge is 2.50. The van der Waals surface area contributed by atoms with E-state index in [4.69, 9.17) is 14.2 Å². The van der Waals surface area contributed by atoms with Gasteiger partial charge in [0.1, 0.15) is 24.7 Å². The number of aliphatic hydroxyl groups excluding tert-OH is 9. The van der Waals surface area contributed by atoms with Crippen LogP contribution >= 0.6 is 0 Å². The van der Waals surface area contributed by atoms with Crippen molar-refractivity contribution in [2.75, 3.05) is 20.6 Å². The number of aliphatic imine (C=N–C) groups is 1. The van der Waals surface area contributed by atoms with Crippen LogP contribution in [0.3, 0.4) is 0 Å². The quantitative estimate of drug-likeness (QED) is 0.0333. The number of allylic oxidation sites excluding steroid dienone is 6. The second kappa shape index (κ2) is 35.4. The monoisotopic (exact) mass is 1080 g/mol. The number of ether oxygens (including phenoxy) is 3. The van der Waals surface area contributed by atoms with Crippen molar-refractivity contribution in [3.05, 3.63) is 60.3 Å². The number of cyclic esters (lactones) is 1. The first-order valence-electron chi connectivity index (χ1n) is 27.2. The summed E-state index contributed by atoms with van der Waals surface area (Å²) >= 11 is 0. The van der Waals surface area contributed by atoms with Gasteiger partial charge < -0.3 is 81.0 Å². The van der Waals surface area contributed by atoms with E-state index < -0.39 is 128 Å². The Bertz CT molecular complexity index is 1900. The summed E-state index contributed by atoms with van der Waals surface area (Å²) in [5, 5.41) is 126. The normalized spacial score (nSPS) is 35.6. The van der Waals surface area contributed by atoms with Crippen LogP contribution in [0.25, 0.3) is 0 Å². The lowest BCUT2D eigenvalue weighted by atomic mass is 9.84. The molecule has 20 heteroatoms. The summed E-state index contributed by atoms with van der Waals surface area (Å²) in [7, 11) is 3.53. The van der Waals surface area contributed by atoms with Crippen LogP contribution in [0.15, 0.2) is 65.2 Å². The predicted molar refractivity (Wildman–Crippen MR) is 287 cm³/mol. The van der Waals surface area contributed by atoms with Gasteiger partial charge in [-0.1, -0.05) is 83.2 Å². The number of nitrogens with zero attached hydrogens (tertiary/aromatic N) is 1. The molecule has 20 nitrogen and oxygen atoms in total. The molecule has 0 aromatic carbocycles. The number of carboxylic acid groups (broad SMARTS) is 1. The smallest absolute Gasteiger partial charge is 0.331 e. The number of hydrogen-bond acceptors (Lipinski definition) is 17. The minimum Gasteiger partial charge on any atom is -0.481 e. The van der Waals surface area contributed by atoms with Crippen molar-refractivity contribution in [3.63, 3.8) is 0 Å². The Morgan fingerprint density at radius 3 is 2.13 bits per heavy atom. The molecule has 0 spiro atoms. The largest absolute Gasteiger partial charge is 0.481 e. The molecular formula is C56H95N3O17. The van der Waals surface area contributed by atoms with E-state index in [-0.39, 0.29) is 63.2 Å². The van der Waals surface area contributed by atoms with Gasteiger partial charge in [-0.15, -0.1) is 0 Å². The van der Waals surface area contributed by atoms with Crippen molar-refractivity contribution in [3.8, 4) is 0 Å². The molecule has 0 aliphatic carbocycles. The number of aliphatic carboxylic acids is 1. The summed E-state index contributed by atoms with van der Waals surface area (Å²) in [5.41, 5.74) is 0.484. The number of rotatable bonds is 12. The predicted octanol–water partition coefficient (Wildman–Crippen LogP) is 3.24. The van der Waals surface area contributed by atoms with Gasteiger partial charge >= 0.3 is 17.9 Å². The highest BCUT2D eigenvalue weighted by molar-refractivity contribution is 5.90. The topological polar surface area (TPSA) is 338 Å². The molecule has 18 unspecified atom stereocenters. The van der Waals surface area contributed by atoms with Gasteiger partial charge in [0.05, 0.1) is 54.9 Å². The SMILES string of the molecule is CN=C(NC)NCCCC=CCCCC(C)C1OC(=O)C=CC=CC(C)C(O)CC(O)C(C)C(O)CCC(C)C(O)CC2(O)OC(CC(OC(=O)CC(=O)O)CC(O)CC(O)CC(O)C(C)=CC=CC1C)CC(O)C2O. The van der Waals surface area contributed by atoms with E-state index >= 15 is 0 Å². The molecule has 1 fully saturated rings. The molecule has 2 rings (SSSR count). The summed E-state index contributed by atoms with van der Waals surface area (Å²) in [6.45, 7) is 11.4. The molecule has 0 radical (unpaired) electrons. The number of aliphatic hydroxyl groups is 10. The first kappa shape index (κ1) is 68.0. The number of hydrogen-bond donors (Lipinski definition) is 13. The molecule has 1 saturated heterocycles. The van der Waals surface area contributed by atoms with Crippen LogP contribution in [0.2, 0.25) is 0 Å². The van der Waals surface area contributed by atoms with Gasteiger partial charge in [0.2, 0.25) is 0 Å². The fraction of sp³-hybridized carbons (Fsp3) is 0.750. The highest BCUT2D eigenvalue weighted by atomic mass is 16.7.